The first kappa shape index (κ1) is 17.9. The molecule has 148 valence electrons. The number of aliphatic hydroxyl groups excluding tert-OH is 1. The fourth-order valence-corrected chi connectivity index (χ4v) is 4.82. The Morgan fingerprint density at radius 1 is 1.10 bits per heavy atom. The van der Waals surface area contributed by atoms with Gasteiger partial charge in [-0.15, -0.1) is 0 Å². The summed E-state index contributed by atoms with van der Waals surface area (Å²) in [6.07, 6.45) is -0.116. The summed E-state index contributed by atoms with van der Waals surface area (Å²) in [6.45, 7) is 2.42. The first-order valence-corrected chi connectivity index (χ1v) is 9.93. The third-order valence-corrected chi connectivity index (χ3v) is 6.33. The number of hydrogen-bond donors (Lipinski definition) is 2. The van der Waals surface area contributed by atoms with Crippen molar-refractivity contribution in [1.82, 2.24) is 14.8 Å². The molecule has 1 saturated heterocycles. The Morgan fingerprint density at radius 2 is 1.83 bits per heavy atom. The van der Waals surface area contributed by atoms with E-state index in [-0.39, 0.29) is 24.9 Å². The molecule has 2 N–H and O–H groups in total. The number of amides is 2. The number of benzene rings is 2. The van der Waals surface area contributed by atoms with Crippen molar-refractivity contribution in [2.45, 2.75) is 25.0 Å². The van der Waals surface area contributed by atoms with E-state index >= 15 is 0 Å². The van der Waals surface area contributed by atoms with Crippen LogP contribution in [0.4, 0.5) is 0 Å². The Hall–Kier alpha value is -3.12. The van der Waals surface area contributed by atoms with Crippen LogP contribution in [0.2, 0.25) is 0 Å². The van der Waals surface area contributed by atoms with Gasteiger partial charge in [-0.1, -0.05) is 48.5 Å². The van der Waals surface area contributed by atoms with Crippen molar-refractivity contribution in [3.63, 3.8) is 0 Å². The molecule has 29 heavy (non-hydrogen) atoms. The molecule has 0 spiro atoms. The highest BCUT2D eigenvalue weighted by Crippen LogP contribution is 2.42. The molecule has 0 unspecified atom stereocenters. The molecule has 1 fully saturated rings. The smallest absolute Gasteiger partial charge is 0.255 e. The van der Waals surface area contributed by atoms with Crippen LogP contribution in [-0.2, 0) is 21.5 Å². The molecule has 2 aromatic carbocycles. The Balaban J connectivity index is 1.54. The number of aromatic nitrogens is 1. The molecular weight excluding hydrogens is 366 g/mol. The van der Waals surface area contributed by atoms with Gasteiger partial charge in [0.2, 0.25) is 5.91 Å². The zero-order valence-corrected chi connectivity index (χ0v) is 16.3. The summed E-state index contributed by atoms with van der Waals surface area (Å²) in [7, 11) is 0. The van der Waals surface area contributed by atoms with Crippen LogP contribution in [0.1, 0.15) is 29.8 Å². The Bertz CT molecular complexity index is 1110. The molecule has 6 heteroatoms. The lowest BCUT2D eigenvalue weighted by Gasteiger charge is -2.49. The van der Waals surface area contributed by atoms with Gasteiger partial charge in [0.1, 0.15) is 0 Å². The van der Waals surface area contributed by atoms with Crippen molar-refractivity contribution >= 4 is 22.7 Å². The van der Waals surface area contributed by atoms with Crippen molar-refractivity contribution < 1.29 is 14.7 Å². The van der Waals surface area contributed by atoms with Gasteiger partial charge in [-0.25, -0.2) is 0 Å². The molecule has 5 rings (SSSR count). The molecule has 0 aliphatic carbocycles. The van der Waals surface area contributed by atoms with E-state index in [9.17, 15) is 14.7 Å². The molecule has 1 aromatic heterocycles. The summed E-state index contributed by atoms with van der Waals surface area (Å²) in [5.41, 5.74) is 2.52. The van der Waals surface area contributed by atoms with Crippen molar-refractivity contribution in [3.05, 3.63) is 71.4 Å². The Morgan fingerprint density at radius 3 is 2.62 bits per heavy atom. The van der Waals surface area contributed by atoms with Crippen LogP contribution in [-0.4, -0.2) is 51.3 Å². The van der Waals surface area contributed by atoms with Gasteiger partial charge in [0.05, 0.1) is 24.9 Å². The SMILES string of the molecule is C[C@@]12C(=O)N(C[C@@H](O)c3ccccc3)CC(=O)N1CCc1c2[nH]c2ccccc12. The largest absolute Gasteiger partial charge is 0.387 e. The van der Waals surface area contributed by atoms with Gasteiger partial charge in [-0.2, -0.15) is 0 Å². The summed E-state index contributed by atoms with van der Waals surface area (Å²) in [6, 6.07) is 17.2. The van der Waals surface area contributed by atoms with Crippen LogP contribution in [0, 0.1) is 0 Å². The lowest BCUT2D eigenvalue weighted by Crippen LogP contribution is -2.67. The predicted octanol–water partition coefficient (Wildman–Crippen LogP) is 2.34. The number of aliphatic hydroxyl groups is 1. The van der Waals surface area contributed by atoms with E-state index in [0.717, 1.165) is 34.1 Å². The molecule has 0 bridgehead atoms. The van der Waals surface area contributed by atoms with Crippen LogP contribution in [0.25, 0.3) is 10.9 Å². The molecule has 2 amide bonds. The zero-order chi connectivity index (χ0) is 20.2. The number of piperazine rings is 1. The number of aromatic amines is 1. The van der Waals surface area contributed by atoms with Crippen LogP contribution >= 0.6 is 0 Å². The van der Waals surface area contributed by atoms with E-state index in [4.69, 9.17) is 0 Å². The molecule has 6 nitrogen and oxygen atoms in total. The van der Waals surface area contributed by atoms with Crippen LogP contribution in [0.15, 0.2) is 54.6 Å². The van der Waals surface area contributed by atoms with Crippen molar-refractivity contribution in [2.75, 3.05) is 19.6 Å². The van der Waals surface area contributed by atoms with Gasteiger partial charge in [0.25, 0.3) is 5.91 Å². The number of fused-ring (bicyclic) bond motifs is 5. The summed E-state index contributed by atoms with van der Waals surface area (Å²) in [5.74, 6) is -0.240. The van der Waals surface area contributed by atoms with E-state index in [1.807, 2.05) is 55.5 Å². The maximum absolute atomic E-state index is 13.6. The summed E-state index contributed by atoms with van der Waals surface area (Å²) in [4.78, 5) is 33.2. The molecule has 2 atom stereocenters. The van der Waals surface area contributed by atoms with E-state index in [0.29, 0.717) is 6.54 Å². The fraction of sp³-hybridized carbons (Fsp3) is 0.304. The molecule has 3 heterocycles. The summed E-state index contributed by atoms with van der Waals surface area (Å²) >= 11 is 0. The van der Waals surface area contributed by atoms with E-state index in [2.05, 4.69) is 11.1 Å². The minimum atomic E-state index is -1.08. The second-order valence-corrected chi connectivity index (χ2v) is 8.00. The molecule has 2 aliphatic heterocycles. The maximum Gasteiger partial charge on any atom is 0.255 e. The first-order valence-electron chi connectivity index (χ1n) is 9.93. The summed E-state index contributed by atoms with van der Waals surface area (Å²) in [5, 5.41) is 11.7. The number of nitrogens with one attached hydrogen (secondary N) is 1. The molecular formula is C23H23N3O3. The Kier molecular flexibility index (Phi) is 3.99. The summed E-state index contributed by atoms with van der Waals surface area (Å²) < 4.78 is 0. The zero-order valence-electron chi connectivity index (χ0n) is 16.3. The number of nitrogens with zero attached hydrogens (tertiary/aromatic N) is 2. The minimum absolute atomic E-state index is 0.00607. The average Bonchev–Trinajstić information content (AvgIpc) is 3.13. The lowest BCUT2D eigenvalue weighted by molar-refractivity contribution is -0.167. The molecule has 3 aromatic rings. The standard InChI is InChI=1S/C23H23N3O3/c1-23-21-17(16-9-5-6-10-18(16)24-21)11-12-26(23)20(28)14-25(22(23)29)13-19(27)15-7-3-2-4-8-15/h2-10,19,24,27H,11-14H2,1H3/t19-,23-/m1/s1. The number of β-amino-alcohol motifs (C(OH)–C–C–N with tert-alkyl or cyclic N) is 1. The number of rotatable bonds is 3. The second-order valence-electron chi connectivity index (χ2n) is 8.00. The van der Waals surface area contributed by atoms with Crippen LogP contribution in [0.3, 0.4) is 0 Å². The fourth-order valence-electron chi connectivity index (χ4n) is 4.82. The van der Waals surface area contributed by atoms with Gasteiger partial charge in [0.15, 0.2) is 5.54 Å². The predicted molar refractivity (Wildman–Crippen MR) is 109 cm³/mol. The van der Waals surface area contributed by atoms with Gasteiger partial charge in [0, 0.05) is 17.4 Å². The van der Waals surface area contributed by atoms with Crippen LogP contribution in [0.5, 0.6) is 0 Å². The van der Waals surface area contributed by atoms with Gasteiger partial charge < -0.3 is 19.9 Å². The topological polar surface area (TPSA) is 76.6 Å². The van der Waals surface area contributed by atoms with Gasteiger partial charge in [-0.3, -0.25) is 9.59 Å². The molecule has 0 saturated carbocycles. The van der Waals surface area contributed by atoms with E-state index in [1.54, 1.807) is 4.90 Å². The highest BCUT2D eigenvalue weighted by Gasteiger charge is 2.54. The van der Waals surface area contributed by atoms with E-state index < -0.39 is 11.6 Å². The number of carbonyl (C=O) groups excluding carboxylic acids is 2. The number of hydrogen-bond acceptors (Lipinski definition) is 3. The lowest BCUT2D eigenvalue weighted by atomic mass is 9.83. The van der Waals surface area contributed by atoms with Crippen molar-refractivity contribution in [1.29, 1.82) is 0 Å². The number of carbonyl (C=O) groups is 2. The molecule has 2 aliphatic rings. The number of para-hydroxylation sites is 1. The quantitative estimate of drug-likeness (QED) is 0.722. The highest BCUT2D eigenvalue weighted by molar-refractivity contribution is 6.00. The first-order chi connectivity index (χ1) is 14.0. The van der Waals surface area contributed by atoms with Crippen LogP contribution < -0.4 is 0 Å². The molecule has 0 radical (unpaired) electrons. The van der Waals surface area contributed by atoms with Crippen molar-refractivity contribution in [2.24, 2.45) is 0 Å². The Labute approximate surface area is 168 Å². The van der Waals surface area contributed by atoms with Gasteiger partial charge >= 0.3 is 0 Å². The highest BCUT2D eigenvalue weighted by atomic mass is 16.3. The van der Waals surface area contributed by atoms with E-state index in [1.165, 1.54) is 4.90 Å². The maximum atomic E-state index is 13.6. The average molecular weight is 389 g/mol. The third kappa shape index (κ3) is 2.59. The minimum Gasteiger partial charge on any atom is -0.387 e. The van der Waals surface area contributed by atoms with Crippen molar-refractivity contribution in [3.8, 4) is 0 Å². The normalized spacial score (nSPS) is 22.6. The monoisotopic (exact) mass is 389 g/mol. The third-order valence-electron chi connectivity index (χ3n) is 6.33. The van der Waals surface area contributed by atoms with Gasteiger partial charge in [-0.05, 0) is 30.5 Å². The second kappa shape index (κ2) is 6.46. The number of H-pyrrole nitrogens is 1.